The van der Waals surface area contributed by atoms with E-state index in [4.69, 9.17) is 11.6 Å². The van der Waals surface area contributed by atoms with Crippen molar-refractivity contribution in [1.82, 2.24) is 19.7 Å². The molecule has 142 valence electrons. The molecule has 6 rings (SSSR count). The molecule has 0 radical (unpaired) electrons. The van der Waals surface area contributed by atoms with E-state index in [1.54, 1.807) is 12.7 Å². The van der Waals surface area contributed by atoms with Crippen molar-refractivity contribution in [3.63, 3.8) is 0 Å². The molecule has 3 heterocycles. The molecule has 2 aliphatic heterocycles. The summed E-state index contributed by atoms with van der Waals surface area (Å²) in [6.45, 7) is 2.28. The summed E-state index contributed by atoms with van der Waals surface area (Å²) in [4.78, 5) is 14.8. The maximum Gasteiger partial charge on any atom is 0.322 e. The van der Waals surface area contributed by atoms with Gasteiger partial charge in [0.2, 0.25) is 0 Å². The van der Waals surface area contributed by atoms with E-state index in [0.29, 0.717) is 24.0 Å². The summed E-state index contributed by atoms with van der Waals surface area (Å²) in [7, 11) is 0. The Balaban J connectivity index is 1.32. The lowest BCUT2D eigenvalue weighted by Gasteiger charge is -2.54. The Kier molecular flexibility index (Phi) is 4.11. The minimum atomic E-state index is 0.0281. The molecule has 2 saturated carbocycles. The highest BCUT2D eigenvalue weighted by Crippen LogP contribution is 2.48. The molecule has 6 nitrogen and oxygen atoms in total. The van der Waals surface area contributed by atoms with Gasteiger partial charge in [0, 0.05) is 34.8 Å². The second-order valence-corrected chi connectivity index (χ2v) is 8.76. The van der Waals surface area contributed by atoms with E-state index >= 15 is 0 Å². The first-order valence-electron chi connectivity index (χ1n) is 9.83. The molecule has 4 fully saturated rings. The molecule has 2 amide bonds. The van der Waals surface area contributed by atoms with Crippen LogP contribution in [0.2, 0.25) is 5.02 Å². The number of rotatable bonds is 3. The summed E-state index contributed by atoms with van der Waals surface area (Å²) < 4.78 is 2.05. The molecule has 4 aliphatic rings. The number of nitrogens with one attached hydrogen (secondary N) is 1. The van der Waals surface area contributed by atoms with Crippen molar-refractivity contribution >= 4 is 23.3 Å². The number of hydrogen-bond acceptors (Lipinski definition) is 3. The van der Waals surface area contributed by atoms with Gasteiger partial charge in [-0.3, -0.25) is 0 Å². The second kappa shape index (κ2) is 6.51. The zero-order valence-electron chi connectivity index (χ0n) is 15.4. The van der Waals surface area contributed by atoms with Gasteiger partial charge in [0.25, 0.3) is 0 Å². The van der Waals surface area contributed by atoms with Crippen LogP contribution in [0.3, 0.4) is 0 Å². The van der Waals surface area contributed by atoms with Crippen LogP contribution >= 0.6 is 11.6 Å². The van der Waals surface area contributed by atoms with Gasteiger partial charge >= 0.3 is 6.03 Å². The summed E-state index contributed by atoms with van der Waals surface area (Å²) in [6.07, 6.45) is 9.10. The second-order valence-electron chi connectivity index (χ2n) is 8.35. The van der Waals surface area contributed by atoms with Gasteiger partial charge in [-0.1, -0.05) is 18.5 Å². The molecule has 1 aromatic heterocycles. The number of hydrogen-bond donors (Lipinski definition) is 1. The van der Waals surface area contributed by atoms with Gasteiger partial charge < -0.3 is 14.8 Å². The summed E-state index contributed by atoms with van der Waals surface area (Å²) in [5.41, 5.74) is 1.92. The van der Waals surface area contributed by atoms with Crippen LogP contribution in [0.4, 0.5) is 10.5 Å². The number of urea groups is 1. The fraction of sp³-hybridized carbons (Fsp3) is 0.550. The van der Waals surface area contributed by atoms with E-state index in [1.807, 2.05) is 23.1 Å². The minimum Gasteiger partial charge on any atom is -0.318 e. The van der Waals surface area contributed by atoms with Crippen LogP contribution in [-0.2, 0) is 0 Å². The lowest BCUT2D eigenvalue weighted by Crippen LogP contribution is -2.63. The number of halogens is 1. The highest BCUT2D eigenvalue weighted by Gasteiger charge is 2.46. The van der Waals surface area contributed by atoms with Crippen molar-refractivity contribution in [2.75, 3.05) is 5.32 Å². The Morgan fingerprint density at radius 1 is 1.15 bits per heavy atom. The van der Waals surface area contributed by atoms with Gasteiger partial charge in [-0.15, -0.1) is 10.2 Å². The number of amides is 2. The van der Waals surface area contributed by atoms with Crippen molar-refractivity contribution < 1.29 is 4.79 Å². The molecule has 1 aromatic carbocycles. The first kappa shape index (κ1) is 17.0. The third-order valence-electron chi connectivity index (χ3n) is 6.62. The van der Waals surface area contributed by atoms with Gasteiger partial charge in [-0.25, -0.2) is 4.79 Å². The average Bonchev–Trinajstić information content (AvgIpc) is 3.10. The van der Waals surface area contributed by atoms with Crippen LogP contribution in [0, 0.1) is 5.92 Å². The first-order chi connectivity index (χ1) is 13.1. The molecule has 27 heavy (non-hydrogen) atoms. The van der Waals surface area contributed by atoms with Crippen molar-refractivity contribution in [1.29, 1.82) is 0 Å². The third-order valence-corrected chi connectivity index (χ3v) is 6.96. The topological polar surface area (TPSA) is 63.1 Å². The molecule has 4 atom stereocenters. The summed E-state index contributed by atoms with van der Waals surface area (Å²) in [6, 6.07) is 7.02. The normalized spacial score (nSPS) is 31.8. The van der Waals surface area contributed by atoms with Crippen molar-refractivity contribution in [3.8, 4) is 0 Å². The summed E-state index contributed by atoms with van der Waals surface area (Å²) in [5.74, 6) is 1.06. The smallest absolute Gasteiger partial charge is 0.318 e. The number of carbonyl (C=O) groups is 1. The summed E-state index contributed by atoms with van der Waals surface area (Å²) in [5, 5.41) is 11.7. The van der Waals surface area contributed by atoms with E-state index in [0.717, 1.165) is 54.3 Å². The zero-order chi connectivity index (χ0) is 18.5. The largest absolute Gasteiger partial charge is 0.322 e. The van der Waals surface area contributed by atoms with E-state index in [1.165, 1.54) is 0 Å². The maximum absolute atomic E-state index is 12.8. The Bertz CT molecular complexity index is 842. The molecular formula is C20H24ClN5O. The van der Waals surface area contributed by atoms with Crippen molar-refractivity contribution in [3.05, 3.63) is 41.4 Å². The molecule has 1 N–H and O–H groups in total. The van der Waals surface area contributed by atoms with Crippen LogP contribution in [0.25, 0.3) is 0 Å². The molecule has 2 aromatic rings. The number of piperidine rings is 1. The van der Waals surface area contributed by atoms with Gasteiger partial charge in [0.15, 0.2) is 0 Å². The van der Waals surface area contributed by atoms with Crippen molar-refractivity contribution in [2.45, 2.75) is 63.1 Å². The fourth-order valence-corrected chi connectivity index (χ4v) is 5.41. The predicted octanol–water partition coefficient (Wildman–Crippen LogP) is 4.45. The van der Waals surface area contributed by atoms with Crippen LogP contribution in [0.1, 0.15) is 56.6 Å². The first-order valence-corrected chi connectivity index (χ1v) is 10.2. The summed E-state index contributed by atoms with van der Waals surface area (Å²) >= 11 is 6.50. The van der Waals surface area contributed by atoms with Crippen LogP contribution in [0.5, 0.6) is 0 Å². The number of fused-ring (bicyclic) bond motifs is 2. The Labute approximate surface area is 163 Å². The van der Waals surface area contributed by atoms with E-state index < -0.39 is 0 Å². The number of anilines is 1. The number of aromatic nitrogens is 3. The lowest BCUT2D eigenvalue weighted by atomic mass is 9.74. The highest BCUT2D eigenvalue weighted by atomic mass is 35.5. The molecular weight excluding hydrogens is 362 g/mol. The quantitative estimate of drug-likeness (QED) is 0.848. The SMILES string of the molecule is CC1CC2CC(C1)N2C(=O)Nc1ccc(Cl)c(C2CCC2n2cnnc2)c1. The zero-order valence-corrected chi connectivity index (χ0v) is 16.1. The molecule has 4 unspecified atom stereocenters. The van der Waals surface area contributed by atoms with E-state index in [9.17, 15) is 4.79 Å². The molecule has 2 saturated heterocycles. The number of benzene rings is 1. The predicted molar refractivity (Wildman–Crippen MR) is 104 cm³/mol. The third kappa shape index (κ3) is 2.90. The molecule has 0 spiro atoms. The monoisotopic (exact) mass is 385 g/mol. The van der Waals surface area contributed by atoms with E-state index in [-0.39, 0.29) is 6.03 Å². The number of nitrogens with zero attached hydrogens (tertiary/aromatic N) is 4. The van der Waals surface area contributed by atoms with Gasteiger partial charge in [-0.05, 0) is 61.8 Å². The van der Waals surface area contributed by atoms with E-state index in [2.05, 4.69) is 27.0 Å². The fourth-order valence-electron chi connectivity index (χ4n) is 5.15. The lowest BCUT2D eigenvalue weighted by molar-refractivity contribution is -0.00601. The van der Waals surface area contributed by atoms with Crippen LogP contribution < -0.4 is 5.32 Å². The minimum absolute atomic E-state index is 0.0281. The van der Waals surface area contributed by atoms with Crippen LogP contribution in [-0.4, -0.2) is 37.8 Å². The molecule has 2 aliphatic carbocycles. The van der Waals surface area contributed by atoms with Crippen LogP contribution in [0.15, 0.2) is 30.9 Å². The number of carbonyl (C=O) groups excluding carboxylic acids is 1. The van der Waals surface area contributed by atoms with Crippen molar-refractivity contribution in [2.24, 2.45) is 5.92 Å². The van der Waals surface area contributed by atoms with Gasteiger partial charge in [0.1, 0.15) is 12.7 Å². The maximum atomic E-state index is 12.8. The highest BCUT2D eigenvalue weighted by molar-refractivity contribution is 6.31. The molecule has 7 heteroatoms. The molecule has 2 bridgehead atoms. The Morgan fingerprint density at radius 3 is 2.56 bits per heavy atom. The standard InChI is InChI=1S/C20H24ClN5O/c1-12-6-14-9-15(7-12)26(14)20(27)24-13-2-4-18(21)17(8-13)16-3-5-19(16)25-10-22-23-11-25/h2,4,8,10-12,14-16,19H,3,5-7,9H2,1H3,(H,24,27). The Hall–Kier alpha value is -2.08. The van der Waals surface area contributed by atoms with Gasteiger partial charge in [-0.2, -0.15) is 0 Å². The average molecular weight is 386 g/mol. The van der Waals surface area contributed by atoms with Gasteiger partial charge in [0.05, 0.1) is 0 Å². The Morgan fingerprint density at radius 2 is 1.89 bits per heavy atom.